The number of ether oxygens (including phenoxy) is 1. The van der Waals surface area contributed by atoms with Gasteiger partial charge in [0.1, 0.15) is 11.3 Å². The maximum atomic E-state index is 12.6. The van der Waals surface area contributed by atoms with Gasteiger partial charge in [-0.15, -0.1) is 0 Å². The average molecular weight is 319 g/mol. The number of carbonyl (C=O) groups excluding carboxylic acids is 1. The molecule has 3 aromatic rings. The van der Waals surface area contributed by atoms with E-state index in [2.05, 4.69) is 4.98 Å². The first kappa shape index (κ1) is 15.7. The summed E-state index contributed by atoms with van der Waals surface area (Å²) in [5, 5.41) is 0.851. The molecule has 0 bridgehead atoms. The lowest BCUT2D eigenvalue weighted by atomic mass is 10.0. The van der Waals surface area contributed by atoms with Crippen LogP contribution in [-0.2, 0) is 0 Å². The zero-order chi connectivity index (χ0) is 17.1. The van der Waals surface area contributed by atoms with Crippen LogP contribution in [0.1, 0.15) is 21.6 Å². The number of hydrogen-bond donors (Lipinski definition) is 1. The number of aromatic amines is 1. The number of carbonyl (C=O) groups is 1. The molecule has 0 unspecified atom stereocenters. The van der Waals surface area contributed by atoms with E-state index in [0.717, 1.165) is 27.9 Å². The quantitative estimate of drug-likeness (QED) is 0.591. The maximum Gasteiger partial charge on any atom is 0.213 e. The first-order chi connectivity index (χ1) is 11.6. The molecule has 0 radical (unpaired) electrons. The second kappa shape index (κ2) is 6.54. The van der Waals surface area contributed by atoms with Crippen molar-refractivity contribution in [1.29, 1.82) is 0 Å². The molecule has 0 saturated carbocycles. The zero-order valence-electron chi connectivity index (χ0n) is 13.7. The Morgan fingerprint density at radius 1 is 1.12 bits per heavy atom. The van der Waals surface area contributed by atoms with E-state index in [1.54, 1.807) is 19.3 Å². The third-order valence-electron chi connectivity index (χ3n) is 3.97. The summed E-state index contributed by atoms with van der Waals surface area (Å²) in [7, 11) is 1.62. The molecule has 0 atom stereocenters. The van der Waals surface area contributed by atoms with Gasteiger partial charge in [-0.25, -0.2) is 4.98 Å². The molecule has 3 N–H and O–H groups in total. The van der Waals surface area contributed by atoms with Gasteiger partial charge >= 0.3 is 0 Å². The molecule has 4 heteroatoms. The standard InChI is InChI=1S/C20H18N2O2/c1-13-19(20(21)16-5-3-4-6-17(16)22-13)18(23)12-9-14-7-10-15(24-2)11-8-14/h3-12H,1-2H3,(H2,21,22)/p+1/b12-9+. The van der Waals surface area contributed by atoms with Crippen molar-refractivity contribution >= 4 is 28.4 Å². The number of nitrogen functional groups attached to an aromatic ring is 1. The highest BCUT2D eigenvalue weighted by Crippen LogP contribution is 2.24. The number of methoxy groups -OCH3 is 1. The van der Waals surface area contributed by atoms with Crippen molar-refractivity contribution in [3.05, 3.63) is 71.4 Å². The molecule has 0 aliphatic heterocycles. The van der Waals surface area contributed by atoms with Crippen LogP contribution in [0.3, 0.4) is 0 Å². The monoisotopic (exact) mass is 319 g/mol. The maximum absolute atomic E-state index is 12.6. The number of fused-ring (bicyclic) bond motifs is 1. The number of H-pyrrole nitrogens is 1. The lowest BCUT2D eigenvalue weighted by Crippen LogP contribution is -2.17. The van der Waals surface area contributed by atoms with Crippen LogP contribution in [0.25, 0.3) is 17.0 Å². The highest BCUT2D eigenvalue weighted by atomic mass is 16.5. The topological polar surface area (TPSA) is 66.5 Å². The number of hydrogen-bond acceptors (Lipinski definition) is 3. The first-order valence-electron chi connectivity index (χ1n) is 7.66. The number of para-hydroxylation sites is 1. The van der Waals surface area contributed by atoms with Crippen LogP contribution in [-0.4, -0.2) is 12.9 Å². The van der Waals surface area contributed by atoms with Gasteiger partial charge in [0.15, 0.2) is 11.5 Å². The summed E-state index contributed by atoms with van der Waals surface area (Å²) in [5.41, 5.74) is 9.86. The molecule has 0 spiro atoms. The fourth-order valence-electron chi connectivity index (χ4n) is 2.72. The van der Waals surface area contributed by atoms with Crippen molar-refractivity contribution in [2.45, 2.75) is 6.92 Å². The third kappa shape index (κ3) is 2.99. The smallest absolute Gasteiger partial charge is 0.213 e. The highest BCUT2D eigenvalue weighted by molar-refractivity contribution is 6.13. The van der Waals surface area contributed by atoms with Crippen molar-refractivity contribution in [3.8, 4) is 5.75 Å². The molecule has 24 heavy (non-hydrogen) atoms. The van der Waals surface area contributed by atoms with Crippen molar-refractivity contribution in [2.75, 3.05) is 12.8 Å². The van der Waals surface area contributed by atoms with Crippen molar-refractivity contribution in [3.63, 3.8) is 0 Å². The minimum Gasteiger partial charge on any atom is -0.497 e. The Kier molecular flexibility index (Phi) is 4.29. The Labute approximate surface area is 140 Å². The number of aryl methyl sites for hydroxylation is 1. The van der Waals surface area contributed by atoms with Gasteiger partial charge in [0.2, 0.25) is 5.52 Å². The molecule has 2 aromatic carbocycles. The van der Waals surface area contributed by atoms with E-state index in [1.165, 1.54) is 0 Å². The molecule has 120 valence electrons. The summed E-state index contributed by atoms with van der Waals surface area (Å²) >= 11 is 0. The molecule has 1 aromatic heterocycles. The Balaban J connectivity index is 1.94. The molecule has 3 rings (SSSR count). The second-order valence-electron chi connectivity index (χ2n) is 5.56. The first-order valence-corrected chi connectivity index (χ1v) is 7.66. The fourth-order valence-corrected chi connectivity index (χ4v) is 2.72. The van der Waals surface area contributed by atoms with Gasteiger partial charge in [-0.1, -0.05) is 30.3 Å². The average Bonchev–Trinajstić information content (AvgIpc) is 2.60. The number of nitrogens with one attached hydrogen (secondary N) is 1. The number of rotatable bonds is 4. The molecule has 0 aliphatic rings. The van der Waals surface area contributed by atoms with Crippen LogP contribution in [0.5, 0.6) is 5.75 Å². The van der Waals surface area contributed by atoms with Gasteiger partial charge in [-0.2, -0.15) is 0 Å². The van der Waals surface area contributed by atoms with Crippen LogP contribution < -0.4 is 15.5 Å². The summed E-state index contributed by atoms with van der Waals surface area (Å²) in [5.74, 6) is 0.658. The molecule has 1 heterocycles. The van der Waals surface area contributed by atoms with Gasteiger partial charge in [-0.3, -0.25) is 4.79 Å². The number of allylic oxidation sites excluding steroid dienone is 1. The minimum absolute atomic E-state index is 0.122. The third-order valence-corrected chi connectivity index (χ3v) is 3.97. The van der Waals surface area contributed by atoms with Crippen molar-refractivity contribution in [2.24, 2.45) is 0 Å². The lowest BCUT2D eigenvalue weighted by molar-refractivity contribution is -0.354. The fraction of sp³-hybridized carbons (Fsp3) is 0.100. The number of anilines is 1. The van der Waals surface area contributed by atoms with E-state index < -0.39 is 0 Å². The van der Waals surface area contributed by atoms with Gasteiger partial charge in [-0.05, 0) is 29.8 Å². The molecule has 4 nitrogen and oxygen atoms in total. The van der Waals surface area contributed by atoms with E-state index in [9.17, 15) is 4.79 Å². The highest BCUT2D eigenvalue weighted by Gasteiger charge is 2.19. The molecule has 0 amide bonds. The van der Waals surface area contributed by atoms with Gasteiger partial charge in [0.25, 0.3) is 0 Å². The molecule has 0 aliphatic carbocycles. The van der Waals surface area contributed by atoms with E-state index in [1.807, 2.05) is 55.5 Å². The molecular formula is C20H19N2O2+. The largest absolute Gasteiger partial charge is 0.497 e. The summed E-state index contributed by atoms with van der Waals surface area (Å²) < 4.78 is 5.12. The number of ketones is 1. The molecule has 0 saturated heterocycles. The zero-order valence-corrected chi connectivity index (χ0v) is 13.7. The normalized spacial score (nSPS) is 11.1. The van der Waals surface area contributed by atoms with Crippen LogP contribution in [0.15, 0.2) is 54.6 Å². The van der Waals surface area contributed by atoms with Gasteiger partial charge < -0.3 is 10.5 Å². The van der Waals surface area contributed by atoms with Crippen LogP contribution in [0.4, 0.5) is 5.69 Å². The Morgan fingerprint density at radius 2 is 1.83 bits per heavy atom. The van der Waals surface area contributed by atoms with E-state index >= 15 is 0 Å². The number of nitrogens with two attached hydrogens (primary N) is 1. The number of benzene rings is 2. The second-order valence-corrected chi connectivity index (χ2v) is 5.56. The SMILES string of the molecule is COc1ccc(/C=C/C(=O)c2c(C)[nH+]c3ccccc3c2N)cc1. The molecular weight excluding hydrogens is 300 g/mol. The lowest BCUT2D eigenvalue weighted by Gasteiger charge is -2.05. The minimum atomic E-state index is -0.122. The van der Waals surface area contributed by atoms with Gasteiger partial charge in [0, 0.05) is 13.0 Å². The Bertz CT molecular complexity index is 928. The summed E-state index contributed by atoms with van der Waals surface area (Å²) in [6.45, 7) is 1.86. The summed E-state index contributed by atoms with van der Waals surface area (Å²) in [4.78, 5) is 15.9. The Hall–Kier alpha value is -3.14. The molecule has 0 fully saturated rings. The Morgan fingerprint density at radius 3 is 2.54 bits per heavy atom. The summed E-state index contributed by atoms with van der Waals surface area (Å²) in [6.07, 6.45) is 3.32. The van der Waals surface area contributed by atoms with Gasteiger partial charge in [0.05, 0.1) is 18.2 Å². The predicted octanol–water partition coefficient (Wildman–Crippen LogP) is 3.45. The van der Waals surface area contributed by atoms with Crippen molar-refractivity contribution in [1.82, 2.24) is 0 Å². The van der Waals surface area contributed by atoms with Crippen molar-refractivity contribution < 1.29 is 14.5 Å². The van der Waals surface area contributed by atoms with E-state index in [4.69, 9.17) is 10.5 Å². The van der Waals surface area contributed by atoms with Crippen LogP contribution in [0.2, 0.25) is 0 Å². The van der Waals surface area contributed by atoms with E-state index in [0.29, 0.717) is 11.3 Å². The predicted molar refractivity (Wildman–Crippen MR) is 96.0 cm³/mol. The number of aromatic nitrogens is 1. The van der Waals surface area contributed by atoms with Crippen LogP contribution >= 0.6 is 0 Å². The summed E-state index contributed by atoms with van der Waals surface area (Å²) in [6, 6.07) is 15.2. The van der Waals surface area contributed by atoms with E-state index in [-0.39, 0.29) is 5.78 Å². The number of pyridine rings is 1. The van der Waals surface area contributed by atoms with Crippen LogP contribution in [0, 0.1) is 6.92 Å².